The lowest BCUT2D eigenvalue weighted by Gasteiger charge is -2.21. The van der Waals surface area contributed by atoms with Gasteiger partial charge in [-0.05, 0) is 36.8 Å². The number of nitrogens with two attached hydrogens (primary N) is 1. The number of halogens is 1. The van der Waals surface area contributed by atoms with Crippen LogP contribution >= 0.6 is 0 Å². The molecule has 0 aliphatic heterocycles. The maximum atomic E-state index is 13.0. The quantitative estimate of drug-likeness (QED) is 0.524. The van der Waals surface area contributed by atoms with Crippen LogP contribution in [0.4, 0.5) is 4.39 Å². The van der Waals surface area contributed by atoms with Gasteiger partial charge in [0.1, 0.15) is 5.82 Å². The molecule has 3 aromatic rings. The lowest BCUT2D eigenvalue weighted by atomic mass is 10.0. The summed E-state index contributed by atoms with van der Waals surface area (Å²) in [6, 6.07) is 19.3. The van der Waals surface area contributed by atoms with Gasteiger partial charge in [0.05, 0.1) is 12.8 Å². The van der Waals surface area contributed by atoms with Crippen molar-refractivity contribution in [2.45, 2.75) is 19.5 Å². The number of nitrogens with one attached hydrogen (secondary N) is 1. The van der Waals surface area contributed by atoms with E-state index in [1.54, 1.807) is 18.4 Å². The fourth-order valence-corrected chi connectivity index (χ4v) is 3.30. The summed E-state index contributed by atoms with van der Waals surface area (Å²) in [5, 5.41) is 4.68. The third kappa shape index (κ3) is 6.52. The highest BCUT2D eigenvalue weighted by atomic mass is 19.1. The van der Waals surface area contributed by atoms with Gasteiger partial charge in [-0.25, -0.2) is 4.39 Å². The number of furan rings is 1. The first-order valence-corrected chi connectivity index (χ1v) is 10.3. The molecule has 0 bridgehead atoms. The molecule has 162 valence electrons. The Morgan fingerprint density at radius 2 is 1.81 bits per heavy atom. The van der Waals surface area contributed by atoms with E-state index in [9.17, 15) is 14.0 Å². The van der Waals surface area contributed by atoms with Crippen LogP contribution in [0.5, 0.6) is 0 Å². The molecule has 0 unspecified atom stereocenters. The molecule has 0 saturated carbocycles. The molecular weight excluding hydrogens is 397 g/mol. The van der Waals surface area contributed by atoms with Crippen molar-refractivity contribution in [1.82, 2.24) is 10.2 Å². The van der Waals surface area contributed by atoms with Gasteiger partial charge in [0.2, 0.25) is 5.91 Å². The fourth-order valence-electron chi connectivity index (χ4n) is 3.30. The molecule has 0 spiro atoms. The zero-order valence-corrected chi connectivity index (χ0v) is 17.5. The van der Waals surface area contributed by atoms with Gasteiger partial charge in [-0.1, -0.05) is 42.5 Å². The maximum absolute atomic E-state index is 13.0. The second-order valence-corrected chi connectivity index (χ2v) is 7.15. The summed E-state index contributed by atoms with van der Waals surface area (Å²) in [7, 11) is 0. The number of hydrogen-bond donors (Lipinski definition) is 2. The lowest BCUT2D eigenvalue weighted by molar-refractivity contribution is -0.679. The van der Waals surface area contributed by atoms with Gasteiger partial charge >= 0.3 is 0 Å². The van der Waals surface area contributed by atoms with Gasteiger partial charge in [0.25, 0.3) is 5.91 Å². The van der Waals surface area contributed by atoms with Crippen LogP contribution in [0, 0.1) is 5.82 Å². The van der Waals surface area contributed by atoms with Gasteiger partial charge in [-0.15, -0.1) is 0 Å². The summed E-state index contributed by atoms with van der Waals surface area (Å²) in [4.78, 5) is 26.6. The number of amides is 2. The van der Waals surface area contributed by atoms with E-state index in [4.69, 9.17) is 4.42 Å². The largest absolute Gasteiger partial charge is 0.463 e. The van der Waals surface area contributed by atoms with Crippen molar-refractivity contribution in [3.63, 3.8) is 0 Å². The van der Waals surface area contributed by atoms with Crippen molar-refractivity contribution in [3.8, 4) is 0 Å². The van der Waals surface area contributed by atoms with Gasteiger partial charge < -0.3 is 20.0 Å². The van der Waals surface area contributed by atoms with Crippen LogP contribution in [0.15, 0.2) is 77.4 Å². The number of hydrogen-bond acceptors (Lipinski definition) is 3. The highest BCUT2D eigenvalue weighted by Gasteiger charge is 2.24. The average Bonchev–Trinajstić information content (AvgIpc) is 3.32. The lowest BCUT2D eigenvalue weighted by Crippen LogP contribution is -2.87. The normalized spacial score (nSPS) is 11.7. The average molecular weight is 424 g/mol. The van der Waals surface area contributed by atoms with Gasteiger partial charge in [0, 0.05) is 18.7 Å². The second-order valence-electron chi connectivity index (χ2n) is 7.15. The van der Waals surface area contributed by atoms with E-state index in [2.05, 4.69) is 5.32 Å². The Kier molecular flexibility index (Phi) is 7.95. The Morgan fingerprint density at radius 3 is 2.45 bits per heavy atom. The standard InChI is InChI=1S/C24H26FN3O3/c1-2-28(17-22(29)26-15-18-10-12-20(25)13-11-18)23(30)16-27-24(21-9-6-14-31-21)19-7-4-3-5-8-19/h3-14,24,27H,2,15-17H2,1H3,(H,26,29)/p+1/t24-/m1/s1. The number of quaternary nitrogens is 1. The number of rotatable bonds is 10. The summed E-state index contributed by atoms with van der Waals surface area (Å²) in [5.41, 5.74) is 1.83. The molecule has 2 amide bonds. The number of carbonyl (C=O) groups excluding carboxylic acids is 2. The maximum Gasteiger partial charge on any atom is 0.278 e. The molecule has 0 radical (unpaired) electrons. The molecule has 1 heterocycles. The van der Waals surface area contributed by atoms with Crippen molar-refractivity contribution >= 4 is 11.8 Å². The smallest absolute Gasteiger partial charge is 0.278 e. The molecule has 3 N–H and O–H groups in total. The molecule has 0 aliphatic rings. The van der Waals surface area contributed by atoms with E-state index in [-0.39, 0.29) is 43.3 Å². The summed E-state index contributed by atoms with van der Waals surface area (Å²) < 4.78 is 18.6. The summed E-state index contributed by atoms with van der Waals surface area (Å²) in [5.74, 6) is 0.0496. The van der Waals surface area contributed by atoms with Crippen molar-refractivity contribution in [1.29, 1.82) is 0 Å². The van der Waals surface area contributed by atoms with E-state index < -0.39 is 0 Å². The minimum Gasteiger partial charge on any atom is -0.463 e. The van der Waals surface area contributed by atoms with Crippen LogP contribution in [-0.2, 0) is 16.1 Å². The van der Waals surface area contributed by atoms with E-state index in [0.717, 1.165) is 16.9 Å². The van der Waals surface area contributed by atoms with Crippen LogP contribution in [0.3, 0.4) is 0 Å². The highest BCUT2D eigenvalue weighted by Crippen LogP contribution is 2.18. The monoisotopic (exact) mass is 424 g/mol. The van der Waals surface area contributed by atoms with Gasteiger partial charge in [-0.3, -0.25) is 9.59 Å². The molecule has 7 heteroatoms. The minimum atomic E-state index is -0.322. The molecule has 0 saturated heterocycles. The Labute approximate surface area is 181 Å². The van der Waals surface area contributed by atoms with Crippen LogP contribution in [0.25, 0.3) is 0 Å². The Hall–Kier alpha value is -3.45. The SMILES string of the molecule is CCN(CC(=O)NCc1ccc(F)cc1)C(=O)C[NH2+][C@H](c1ccccc1)c1ccco1. The van der Waals surface area contributed by atoms with Crippen molar-refractivity contribution in [3.05, 3.63) is 95.7 Å². The first-order chi connectivity index (χ1) is 15.1. The van der Waals surface area contributed by atoms with Crippen LogP contribution in [0.1, 0.15) is 29.9 Å². The predicted molar refractivity (Wildman–Crippen MR) is 114 cm³/mol. The first kappa shape index (κ1) is 22.2. The third-order valence-electron chi connectivity index (χ3n) is 5.01. The summed E-state index contributed by atoms with van der Waals surface area (Å²) >= 11 is 0. The first-order valence-electron chi connectivity index (χ1n) is 10.3. The fraction of sp³-hybridized carbons (Fsp3) is 0.250. The zero-order chi connectivity index (χ0) is 22.1. The van der Waals surface area contributed by atoms with Crippen LogP contribution < -0.4 is 10.6 Å². The van der Waals surface area contributed by atoms with Crippen molar-refractivity contribution in [2.75, 3.05) is 19.6 Å². The number of likely N-dealkylation sites (N-methyl/N-ethyl adjacent to an activating group) is 1. The Bertz CT molecular complexity index is 960. The van der Waals surface area contributed by atoms with E-state index in [0.29, 0.717) is 6.54 Å². The summed E-state index contributed by atoms with van der Waals surface area (Å²) in [6.45, 7) is 2.70. The molecule has 1 aromatic heterocycles. The topological polar surface area (TPSA) is 79.2 Å². The Morgan fingerprint density at radius 1 is 1.06 bits per heavy atom. The van der Waals surface area contributed by atoms with E-state index in [1.165, 1.54) is 17.0 Å². The molecular formula is C24H27FN3O3+. The van der Waals surface area contributed by atoms with Crippen molar-refractivity contribution < 1.29 is 23.7 Å². The number of carbonyl (C=O) groups is 2. The van der Waals surface area contributed by atoms with Crippen molar-refractivity contribution in [2.24, 2.45) is 0 Å². The zero-order valence-electron chi connectivity index (χ0n) is 17.5. The molecule has 6 nitrogen and oxygen atoms in total. The third-order valence-corrected chi connectivity index (χ3v) is 5.01. The second kappa shape index (κ2) is 11.1. The molecule has 0 aliphatic carbocycles. The van der Waals surface area contributed by atoms with E-state index >= 15 is 0 Å². The summed E-state index contributed by atoms with van der Waals surface area (Å²) in [6.07, 6.45) is 1.62. The number of benzene rings is 2. The van der Waals surface area contributed by atoms with Crippen LogP contribution in [0.2, 0.25) is 0 Å². The van der Waals surface area contributed by atoms with Gasteiger partial charge in [-0.2, -0.15) is 0 Å². The highest BCUT2D eigenvalue weighted by molar-refractivity contribution is 5.85. The molecule has 2 aromatic carbocycles. The minimum absolute atomic E-state index is 0.0267. The van der Waals surface area contributed by atoms with E-state index in [1.807, 2.05) is 54.7 Å². The molecule has 0 fully saturated rings. The van der Waals surface area contributed by atoms with Gasteiger partial charge in [0.15, 0.2) is 18.3 Å². The number of nitrogens with zero attached hydrogens (tertiary/aromatic N) is 1. The Balaban J connectivity index is 1.54. The predicted octanol–water partition coefficient (Wildman–Crippen LogP) is 2.24. The molecule has 1 atom stereocenters. The van der Waals surface area contributed by atoms with Crippen LogP contribution in [-0.4, -0.2) is 36.3 Å². The molecule has 31 heavy (non-hydrogen) atoms. The molecule has 3 rings (SSSR count).